The van der Waals surface area contributed by atoms with Gasteiger partial charge < -0.3 is 10.5 Å². The summed E-state index contributed by atoms with van der Waals surface area (Å²) in [5.41, 5.74) is 5.35. The van der Waals surface area contributed by atoms with Crippen LogP contribution in [0.15, 0.2) is 34.1 Å². The Morgan fingerprint density at radius 1 is 1.39 bits per heavy atom. The van der Waals surface area contributed by atoms with Gasteiger partial charge in [0.15, 0.2) is 0 Å². The third-order valence-electron chi connectivity index (χ3n) is 2.24. The van der Waals surface area contributed by atoms with E-state index in [0.717, 1.165) is 8.66 Å². The molecule has 18 heavy (non-hydrogen) atoms. The highest BCUT2D eigenvalue weighted by Gasteiger charge is 2.12. The van der Waals surface area contributed by atoms with Gasteiger partial charge in [-0.05, 0) is 40.2 Å². The smallest absolute Gasteiger partial charge is 0.137 e. The van der Waals surface area contributed by atoms with E-state index in [9.17, 15) is 4.39 Å². The predicted molar refractivity (Wildman–Crippen MR) is 73.8 cm³/mol. The zero-order valence-corrected chi connectivity index (χ0v) is 11.6. The summed E-state index contributed by atoms with van der Waals surface area (Å²) in [6.45, 7) is 0.319. The van der Waals surface area contributed by atoms with E-state index in [1.807, 2.05) is 12.1 Å². The lowest BCUT2D eigenvalue weighted by Crippen LogP contribution is -2.15. The van der Waals surface area contributed by atoms with Gasteiger partial charge in [-0.2, -0.15) is 0 Å². The Balaban J connectivity index is 2.19. The zero-order chi connectivity index (χ0) is 13.1. The second-order valence-corrected chi connectivity index (χ2v) is 6.07. The number of ether oxygens (including phenoxy) is 1. The first-order valence-electron chi connectivity index (χ1n) is 5.08. The molecule has 0 radical (unpaired) electrons. The SMILES string of the molecule is N=C(N)c1c(F)cccc1OCc1ccc(Br)s1. The van der Waals surface area contributed by atoms with Crippen LogP contribution in [0.5, 0.6) is 5.75 Å². The van der Waals surface area contributed by atoms with Crippen molar-refractivity contribution in [3.05, 3.63) is 50.4 Å². The lowest BCUT2D eigenvalue weighted by Gasteiger charge is -2.10. The predicted octanol–water partition coefficient (Wildman–Crippen LogP) is 3.51. The van der Waals surface area contributed by atoms with Gasteiger partial charge in [-0.15, -0.1) is 11.3 Å². The molecule has 0 amide bonds. The largest absolute Gasteiger partial charge is 0.487 e. The summed E-state index contributed by atoms with van der Waals surface area (Å²) in [6.07, 6.45) is 0. The molecule has 1 aromatic carbocycles. The molecule has 0 aliphatic carbocycles. The maximum atomic E-state index is 13.5. The summed E-state index contributed by atoms with van der Waals surface area (Å²) in [5, 5.41) is 7.36. The summed E-state index contributed by atoms with van der Waals surface area (Å²) in [7, 11) is 0. The third-order valence-corrected chi connectivity index (χ3v) is 3.84. The van der Waals surface area contributed by atoms with Gasteiger partial charge in [-0.1, -0.05) is 6.07 Å². The molecule has 94 valence electrons. The van der Waals surface area contributed by atoms with Crippen molar-refractivity contribution < 1.29 is 9.13 Å². The average molecular weight is 329 g/mol. The summed E-state index contributed by atoms with van der Waals surface area (Å²) >= 11 is 4.89. The van der Waals surface area contributed by atoms with E-state index in [2.05, 4.69) is 15.9 Å². The number of hydrogen-bond acceptors (Lipinski definition) is 3. The van der Waals surface area contributed by atoms with E-state index in [0.29, 0.717) is 6.61 Å². The molecule has 0 saturated heterocycles. The van der Waals surface area contributed by atoms with Crippen LogP contribution < -0.4 is 10.5 Å². The van der Waals surface area contributed by atoms with E-state index in [-0.39, 0.29) is 17.1 Å². The lowest BCUT2D eigenvalue weighted by molar-refractivity contribution is 0.307. The van der Waals surface area contributed by atoms with Crippen LogP contribution in [-0.2, 0) is 6.61 Å². The molecule has 0 spiro atoms. The number of nitrogens with two attached hydrogens (primary N) is 1. The minimum atomic E-state index is -0.549. The van der Waals surface area contributed by atoms with Crippen molar-refractivity contribution in [3.8, 4) is 5.75 Å². The topological polar surface area (TPSA) is 59.1 Å². The Bertz CT molecular complexity index is 585. The minimum absolute atomic E-state index is 0.00752. The van der Waals surface area contributed by atoms with Gasteiger partial charge in [-0.3, -0.25) is 5.41 Å². The normalized spacial score (nSPS) is 10.3. The first-order valence-corrected chi connectivity index (χ1v) is 6.69. The van der Waals surface area contributed by atoms with Crippen LogP contribution in [0.2, 0.25) is 0 Å². The molecule has 2 aromatic rings. The fraction of sp³-hybridized carbons (Fsp3) is 0.0833. The quantitative estimate of drug-likeness (QED) is 0.666. The van der Waals surface area contributed by atoms with Crippen molar-refractivity contribution in [2.45, 2.75) is 6.61 Å². The van der Waals surface area contributed by atoms with Crippen LogP contribution in [-0.4, -0.2) is 5.84 Å². The molecule has 1 heterocycles. The van der Waals surface area contributed by atoms with Gasteiger partial charge in [0.05, 0.1) is 9.35 Å². The number of thiophene rings is 1. The van der Waals surface area contributed by atoms with E-state index < -0.39 is 5.82 Å². The first-order chi connectivity index (χ1) is 8.58. The van der Waals surface area contributed by atoms with E-state index in [4.69, 9.17) is 15.9 Å². The van der Waals surface area contributed by atoms with Crippen LogP contribution in [0.3, 0.4) is 0 Å². The lowest BCUT2D eigenvalue weighted by atomic mass is 10.1. The van der Waals surface area contributed by atoms with Gasteiger partial charge in [-0.25, -0.2) is 4.39 Å². The monoisotopic (exact) mass is 328 g/mol. The van der Waals surface area contributed by atoms with Crippen LogP contribution >= 0.6 is 27.3 Å². The summed E-state index contributed by atoms with van der Waals surface area (Å²) in [4.78, 5) is 1.00. The highest BCUT2D eigenvalue weighted by Crippen LogP contribution is 2.25. The molecule has 1 aromatic heterocycles. The molecular formula is C12H10BrFN2OS. The number of rotatable bonds is 4. The molecule has 0 unspecified atom stereocenters. The molecular weight excluding hydrogens is 319 g/mol. The number of halogens is 2. The maximum absolute atomic E-state index is 13.5. The number of amidine groups is 1. The number of nitrogens with one attached hydrogen (secondary N) is 1. The summed E-state index contributed by atoms with van der Waals surface area (Å²) < 4.78 is 20.0. The first kappa shape index (κ1) is 13.0. The summed E-state index contributed by atoms with van der Waals surface area (Å²) in [6, 6.07) is 8.22. The van der Waals surface area contributed by atoms with Gasteiger partial charge in [0.1, 0.15) is 24.0 Å². The Labute approximate surface area is 116 Å². The zero-order valence-electron chi connectivity index (χ0n) is 9.24. The van der Waals surface area contributed by atoms with Crippen LogP contribution in [0.1, 0.15) is 10.4 Å². The molecule has 0 fully saturated rings. The second kappa shape index (κ2) is 5.49. The van der Waals surface area contributed by atoms with Crippen LogP contribution in [0.4, 0.5) is 4.39 Å². The fourth-order valence-corrected chi connectivity index (χ4v) is 2.86. The van der Waals surface area contributed by atoms with E-state index in [1.54, 1.807) is 6.07 Å². The number of nitrogen functional groups attached to an aromatic ring is 1. The molecule has 0 bridgehead atoms. The van der Waals surface area contributed by atoms with Gasteiger partial charge >= 0.3 is 0 Å². The van der Waals surface area contributed by atoms with Crippen molar-refractivity contribution in [1.82, 2.24) is 0 Å². The molecule has 6 heteroatoms. The molecule has 0 aliphatic heterocycles. The van der Waals surface area contributed by atoms with E-state index in [1.165, 1.54) is 23.5 Å². The van der Waals surface area contributed by atoms with Crippen LogP contribution in [0, 0.1) is 11.2 Å². The van der Waals surface area contributed by atoms with Gasteiger partial charge in [0, 0.05) is 4.88 Å². The van der Waals surface area contributed by atoms with Gasteiger partial charge in [0.2, 0.25) is 0 Å². The maximum Gasteiger partial charge on any atom is 0.137 e. The van der Waals surface area contributed by atoms with Crippen molar-refractivity contribution in [2.24, 2.45) is 5.73 Å². The molecule has 0 atom stereocenters. The highest BCUT2D eigenvalue weighted by molar-refractivity contribution is 9.11. The molecule has 3 nitrogen and oxygen atoms in total. The van der Waals surface area contributed by atoms with Crippen molar-refractivity contribution >= 4 is 33.1 Å². The standard InChI is InChI=1S/C12H10BrFN2OS/c13-10-5-4-7(18-10)6-17-9-3-1-2-8(14)11(9)12(15)16/h1-5H,6H2,(H3,15,16). The van der Waals surface area contributed by atoms with Crippen molar-refractivity contribution in [1.29, 1.82) is 5.41 Å². The Hall–Kier alpha value is -1.40. The Morgan fingerprint density at radius 3 is 2.78 bits per heavy atom. The fourth-order valence-electron chi connectivity index (χ4n) is 1.46. The summed E-state index contributed by atoms with van der Waals surface area (Å²) in [5.74, 6) is -0.602. The molecule has 3 N–H and O–H groups in total. The Morgan fingerprint density at radius 2 is 2.17 bits per heavy atom. The van der Waals surface area contributed by atoms with E-state index >= 15 is 0 Å². The Kier molecular flexibility index (Phi) is 3.98. The third kappa shape index (κ3) is 2.88. The number of benzene rings is 1. The van der Waals surface area contributed by atoms with Crippen molar-refractivity contribution in [2.75, 3.05) is 0 Å². The minimum Gasteiger partial charge on any atom is -0.487 e. The second-order valence-electron chi connectivity index (χ2n) is 3.52. The number of hydrogen-bond donors (Lipinski definition) is 2. The highest BCUT2D eigenvalue weighted by atomic mass is 79.9. The molecule has 0 saturated carbocycles. The molecule has 0 aliphatic rings. The molecule has 2 rings (SSSR count). The average Bonchev–Trinajstić information content (AvgIpc) is 2.72. The van der Waals surface area contributed by atoms with Crippen molar-refractivity contribution in [3.63, 3.8) is 0 Å². The van der Waals surface area contributed by atoms with Crippen LogP contribution in [0.25, 0.3) is 0 Å². The van der Waals surface area contributed by atoms with Gasteiger partial charge in [0.25, 0.3) is 0 Å².